The highest BCUT2D eigenvalue weighted by atomic mass is 35.5. The Labute approximate surface area is 119 Å². The Kier molecular flexibility index (Phi) is 5.20. The van der Waals surface area contributed by atoms with E-state index in [2.05, 4.69) is 5.32 Å². The van der Waals surface area contributed by atoms with Gasteiger partial charge in [-0.2, -0.15) is 0 Å². The molecule has 1 saturated carbocycles. The van der Waals surface area contributed by atoms with Crippen molar-refractivity contribution in [3.63, 3.8) is 0 Å². The van der Waals surface area contributed by atoms with Crippen LogP contribution in [-0.4, -0.2) is 25.8 Å². The lowest BCUT2D eigenvalue weighted by molar-refractivity contribution is 0.0209. The van der Waals surface area contributed by atoms with Crippen molar-refractivity contribution in [2.24, 2.45) is 5.92 Å². The summed E-state index contributed by atoms with van der Waals surface area (Å²) in [7, 11) is 1.90. The molecule has 4 heteroatoms. The summed E-state index contributed by atoms with van der Waals surface area (Å²) in [6.45, 7) is 2.68. The molecule has 1 aromatic carbocycles. The van der Waals surface area contributed by atoms with Crippen molar-refractivity contribution in [3.8, 4) is 0 Å². The number of nitrogens with one attached hydrogen (secondary N) is 1. The van der Waals surface area contributed by atoms with Crippen molar-refractivity contribution in [1.82, 2.24) is 5.32 Å². The maximum Gasteiger partial charge on any atom is 0.127 e. The van der Waals surface area contributed by atoms with Crippen LogP contribution in [0.5, 0.6) is 0 Å². The van der Waals surface area contributed by atoms with E-state index in [1.807, 2.05) is 14.0 Å². The summed E-state index contributed by atoms with van der Waals surface area (Å²) in [5.41, 5.74) is 0.578. The van der Waals surface area contributed by atoms with Crippen molar-refractivity contribution < 1.29 is 9.13 Å². The van der Waals surface area contributed by atoms with Gasteiger partial charge in [-0.25, -0.2) is 4.39 Å². The van der Waals surface area contributed by atoms with E-state index in [0.29, 0.717) is 29.5 Å². The van der Waals surface area contributed by atoms with E-state index < -0.39 is 0 Å². The van der Waals surface area contributed by atoms with Crippen molar-refractivity contribution in [2.75, 3.05) is 13.7 Å². The highest BCUT2D eigenvalue weighted by molar-refractivity contribution is 6.31. The summed E-state index contributed by atoms with van der Waals surface area (Å²) >= 11 is 6.10. The first-order valence-corrected chi connectivity index (χ1v) is 7.27. The van der Waals surface area contributed by atoms with E-state index in [-0.39, 0.29) is 18.0 Å². The predicted molar refractivity (Wildman–Crippen MR) is 76.1 cm³/mol. The van der Waals surface area contributed by atoms with Gasteiger partial charge in [-0.1, -0.05) is 17.7 Å². The molecule has 0 amide bonds. The summed E-state index contributed by atoms with van der Waals surface area (Å²) in [4.78, 5) is 0. The van der Waals surface area contributed by atoms with Gasteiger partial charge in [0.25, 0.3) is 0 Å². The second kappa shape index (κ2) is 6.69. The number of hydrogen-bond acceptors (Lipinski definition) is 2. The number of hydrogen-bond donors (Lipinski definition) is 1. The molecule has 0 saturated heterocycles. The molecule has 0 radical (unpaired) electrons. The monoisotopic (exact) mass is 285 g/mol. The first-order chi connectivity index (χ1) is 9.17. The summed E-state index contributed by atoms with van der Waals surface area (Å²) in [6, 6.07) is 4.93. The van der Waals surface area contributed by atoms with Crippen LogP contribution >= 0.6 is 11.6 Å². The fourth-order valence-corrected chi connectivity index (χ4v) is 2.77. The molecule has 0 aromatic heterocycles. The summed E-state index contributed by atoms with van der Waals surface area (Å²) in [6.07, 6.45) is 3.11. The first kappa shape index (κ1) is 14.8. The van der Waals surface area contributed by atoms with E-state index >= 15 is 0 Å². The van der Waals surface area contributed by atoms with Gasteiger partial charge in [0.1, 0.15) is 5.82 Å². The zero-order chi connectivity index (χ0) is 13.8. The Balaban J connectivity index is 2.13. The molecule has 0 aliphatic heterocycles. The zero-order valence-electron chi connectivity index (χ0n) is 11.5. The fourth-order valence-electron chi connectivity index (χ4n) is 2.53. The summed E-state index contributed by atoms with van der Waals surface area (Å²) < 4.78 is 19.7. The van der Waals surface area contributed by atoms with E-state index in [1.165, 1.54) is 18.9 Å². The smallest absolute Gasteiger partial charge is 0.127 e. The van der Waals surface area contributed by atoms with Crippen LogP contribution < -0.4 is 5.32 Å². The molecule has 0 bridgehead atoms. The molecule has 0 heterocycles. The highest BCUT2D eigenvalue weighted by Gasteiger charge is 2.37. The SMILES string of the molecule is CCOC(C1CC1)C(Cc1c(F)cccc1Cl)NC. The average molecular weight is 286 g/mol. The molecule has 0 spiro atoms. The summed E-state index contributed by atoms with van der Waals surface area (Å²) in [5.74, 6) is 0.363. The zero-order valence-corrected chi connectivity index (χ0v) is 12.2. The van der Waals surface area contributed by atoms with Crippen LogP contribution in [-0.2, 0) is 11.2 Å². The summed E-state index contributed by atoms with van der Waals surface area (Å²) in [5, 5.41) is 3.75. The molecule has 1 aromatic rings. The lowest BCUT2D eigenvalue weighted by Crippen LogP contribution is -2.42. The Bertz CT molecular complexity index is 402. The Morgan fingerprint density at radius 1 is 1.47 bits per heavy atom. The number of halogens is 2. The maximum absolute atomic E-state index is 13.9. The van der Waals surface area contributed by atoms with Gasteiger partial charge < -0.3 is 10.1 Å². The van der Waals surface area contributed by atoms with Crippen molar-refractivity contribution in [2.45, 2.75) is 38.3 Å². The second-order valence-corrected chi connectivity index (χ2v) is 5.46. The molecular weight excluding hydrogens is 265 g/mol. The van der Waals surface area contributed by atoms with Gasteiger partial charge in [0.05, 0.1) is 6.10 Å². The van der Waals surface area contributed by atoms with Crippen LogP contribution in [0.4, 0.5) is 4.39 Å². The lowest BCUT2D eigenvalue weighted by atomic mass is 9.98. The minimum Gasteiger partial charge on any atom is -0.377 e. The first-order valence-electron chi connectivity index (χ1n) is 6.89. The molecule has 2 atom stereocenters. The van der Waals surface area contributed by atoms with E-state index in [0.717, 1.165) is 0 Å². The number of benzene rings is 1. The molecule has 2 unspecified atom stereocenters. The second-order valence-electron chi connectivity index (χ2n) is 5.06. The third-order valence-corrected chi connectivity index (χ3v) is 4.05. The van der Waals surface area contributed by atoms with Gasteiger partial charge in [0.2, 0.25) is 0 Å². The van der Waals surface area contributed by atoms with Crippen molar-refractivity contribution >= 4 is 11.6 Å². The van der Waals surface area contributed by atoms with Gasteiger partial charge >= 0.3 is 0 Å². The molecule has 1 fully saturated rings. The molecular formula is C15H21ClFNO. The van der Waals surface area contributed by atoms with E-state index in [4.69, 9.17) is 16.3 Å². The Morgan fingerprint density at radius 2 is 2.21 bits per heavy atom. The predicted octanol–water partition coefficient (Wildman–Crippen LogP) is 3.42. The lowest BCUT2D eigenvalue weighted by Gasteiger charge is -2.27. The largest absolute Gasteiger partial charge is 0.377 e. The Hall–Kier alpha value is -0.640. The number of ether oxygens (including phenoxy) is 1. The van der Waals surface area contributed by atoms with E-state index in [9.17, 15) is 4.39 Å². The van der Waals surface area contributed by atoms with Gasteiger partial charge in [-0.05, 0) is 51.3 Å². The molecule has 1 N–H and O–H groups in total. The van der Waals surface area contributed by atoms with Crippen LogP contribution in [0.25, 0.3) is 0 Å². The third-order valence-electron chi connectivity index (χ3n) is 3.70. The highest BCUT2D eigenvalue weighted by Crippen LogP contribution is 2.37. The fraction of sp³-hybridized carbons (Fsp3) is 0.600. The van der Waals surface area contributed by atoms with E-state index in [1.54, 1.807) is 12.1 Å². The van der Waals surface area contributed by atoms with Crippen LogP contribution in [0, 0.1) is 11.7 Å². The van der Waals surface area contributed by atoms with Gasteiger partial charge in [-0.3, -0.25) is 0 Å². The normalized spacial score (nSPS) is 18.3. The topological polar surface area (TPSA) is 21.3 Å². The van der Waals surface area contributed by atoms with Crippen LogP contribution in [0.15, 0.2) is 18.2 Å². The molecule has 2 nitrogen and oxygen atoms in total. The third kappa shape index (κ3) is 3.68. The number of rotatable bonds is 7. The van der Waals surface area contributed by atoms with Crippen molar-refractivity contribution in [1.29, 1.82) is 0 Å². The maximum atomic E-state index is 13.9. The van der Waals surface area contributed by atoms with Crippen LogP contribution in [0.3, 0.4) is 0 Å². The minimum atomic E-state index is -0.237. The van der Waals surface area contributed by atoms with Gasteiger partial charge in [0, 0.05) is 23.2 Å². The molecule has 1 aliphatic rings. The quantitative estimate of drug-likeness (QED) is 0.829. The molecule has 1 aliphatic carbocycles. The minimum absolute atomic E-state index is 0.0989. The van der Waals surface area contributed by atoms with Crippen molar-refractivity contribution in [3.05, 3.63) is 34.6 Å². The average Bonchev–Trinajstić information content (AvgIpc) is 3.21. The number of likely N-dealkylation sites (N-methyl/N-ethyl adjacent to an activating group) is 1. The molecule has 2 rings (SSSR count). The molecule has 106 valence electrons. The van der Waals surface area contributed by atoms with Crippen LogP contribution in [0.1, 0.15) is 25.3 Å². The van der Waals surface area contributed by atoms with Gasteiger partial charge in [-0.15, -0.1) is 0 Å². The standard InChI is InChI=1S/C15H21ClFNO/c1-3-19-15(10-7-8-10)14(18-2)9-11-12(16)5-4-6-13(11)17/h4-6,10,14-15,18H,3,7-9H2,1-2H3. The van der Waals surface area contributed by atoms with Crippen LogP contribution in [0.2, 0.25) is 5.02 Å². The molecule has 19 heavy (non-hydrogen) atoms. The van der Waals surface area contributed by atoms with Gasteiger partial charge in [0.15, 0.2) is 0 Å². The Morgan fingerprint density at radius 3 is 2.74 bits per heavy atom.